The minimum absolute atomic E-state index is 0.303. The van der Waals surface area contributed by atoms with Gasteiger partial charge < -0.3 is 5.32 Å². The van der Waals surface area contributed by atoms with E-state index < -0.39 is 0 Å². The van der Waals surface area contributed by atoms with Crippen LogP contribution in [0.2, 0.25) is 10.0 Å². The molecule has 1 nitrogen and oxygen atoms in total. The highest BCUT2D eigenvalue weighted by Crippen LogP contribution is 2.31. The van der Waals surface area contributed by atoms with E-state index >= 15 is 0 Å². The average Bonchev–Trinajstić information content (AvgIpc) is 2.29. The zero-order valence-electron chi connectivity index (χ0n) is 9.89. The van der Waals surface area contributed by atoms with E-state index in [1.807, 2.05) is 18.2 Å². The molecule has 1 N–H and O–H groups in total. The van der Waals surface area contributed by atoms with Gasteiger partial charge in [-0.3, -0.25) is 0 Å². The number of hydrogen-bond acceptors (Lipinski definition) is 1. The molecule has 1 aromatic rings. The molecule has 0 unspecified atom stereocenters. The first-order chi connectivity index (χ1) is 7.70. The standard InChI is InChI=1S/C13H19Cl2N/c1-3-5-9-16-12(4-2)10-7-6-8-11(14)13(10)15/h6-8,12,16H,3-5,9H2,1-2H3/t12-/m1/s1. The van der Waals surface area contributed by atoms with Crippen molar-refractivity contribution >= 4 is 23.2 Å². The first-order valence-corrected chi connectivity index (χ1v) is 6.63. The maximum Gasteiger partial charge on any atom is 0.0640 e. The summed E-state index contributed by atoms with van der Waals surface area (Å²) >= 11 is 12.2. The predicted molar refractivity (Wildman–Crippen MR) is 72.4 cm³/mol. The topological polar surface area (TPSA) is 12.0 Å². The van der Waals surface area contributed by atoms with Crippen LogP contribution in [0.25, 0.3) is 0 Å². The van der Waals surface area contributed by atoms with Crippen LogP contribution in [0.5, 0.6) is 0 Å². The normalized spacial score (nSPS) is 12.8. The van der Waals surface area contributed by atoms with Gasteiger partial charge in [0.25, 0.3) is 0 Å². The summed E-state index contributed by atoms with van der Waals surface area (Å²) in [4.78, 5) is 0. The van der Waals surface area contributed by atoms with Crippen LogP contribution in [0.1, 0.15) is 44.7 Å². The Morgan fingerprint density at radius 3 is 2.62 bits per heavy atom. The van der Waals surface area contributed by atoms with Gasteiger partial charge in [-0.15, -0.1) is 0 Å². The number of halogens is 2. The van der Waals surface area contributed by atoms with E-state index in [1.165, 1.54) is 12.8 Å². The minimum Gasteiger partial charge on any atom is -0.310 e. The molecule has 0 heterocycles. The Kier molecular flexibility index (Phi) is 6.18. The van der Waals surface area contributed by atoms with Gasteiger partial charge in [-0.1, -0.05) is 55.6 Å². The number of hydrogen-bond donors (Lipinski definition) is 1. The fourth-order valence-corrected chi connectivity index (χ4v) is 2.16. The maximum atomic E-state index is 6.21. The Labute approximate surface area is 108 Å². The molecule has 0 aliphatic heterocycles. The van der Waals surface area contributed by atoms with Crippen LogP contribution >= 0.6 is 23.2 Å². The Morgan fingerprint density at radius 2 is 2.00 bits per heavy atom. The maximum absolute atomic E-state index is 6.21. The van der Waals surface area contributed by atoms with E-state index in [2.05, 4.69) is 19.2 Å². The molecular formula is C13H19Cl2N. The Hall–Kier alpha value is -0.240. The van der Waals surface area contributed by atoms with Crippen molar-refractivity contribution in [3.63, 3.8) is 0 Å². The average molecular weight is 260 g/mol. The first kappa shape index (κ1) is 13.8. The molecule has 0 spiro atoms. The number of rotatable bonds is 6. The summed E-state index contributed by atoms with van der Waals surface area (Å²) in [5, 5.41) is 4.83. The molecule has 1 aromatic carbocycles. The molecule has 3 heteroatoms. The summed E-state index contributed by atoms with van der Waals surface area (Å²) in [6, 6.07) is 6.12. The zero-order valence-corrected chi connectivity index (χ0v) is 11.4. The Balaban J connectivity index is 2.74. The molecule has 0 aromatic heterocycles. The van der Waals surface area contributed by atoms with Crippen LogP contribution in [0, 0.1) is 0 Å². The van der Waals surface area contributed by atoms with Crippen LogP contribution in [0.15, 0.2) is 18.2 Å². The summed E-state index contributed by atoms with van der Waals surface area (Å²) in [7, 11) is 0. The van der Waals surface area contributed by atoms with Crippen molar-refractivity contribution in [2.75, 3.05) is 6.54 Å². The number of benzene rings is 1. The van der Waals surface area contributed by atoms with Crippen molar-refractivity contribution in [2.45, 2.75) is 39.2 Å². The first-order valence-electron chi connectivity index (χ1n) is 5.88. The SMILES string of the molecule is CCCCN[C@H](CC)c1cccc(Cl)c1Cl. The third-order valence-electron chi connectivity index (χ3n) is 2.69. The quantitative estimate of drug-likeness (QED) is 0.722. The van der Waals surface area contributed by atoms with Gasteiger partial charge in [-0.05, 0) is 31.0 Å². The zero-order chi connectivity index (χ0) is 12.0. The third kappa shape index (κ3) is 3.65. The lowest BCUT2D eigenvalue weighted by Gasteiger charge is -2.19. The molecule has 0 saturated heterocycles. The fraction of sp³-hybridized carbons (Fsp3) is 0.538. The predicted octanol–water partition coefficient (Wildman–Crippen LogP) is 4.83. The van der Waals surface area contributed by atoms with E-state index in [9.17, 15) is 0 Å². The second-order valence-corrected chi connectivity index (χ2v) is 4.70. The summed E-state index contributed by atoms with van der Waals surface area (Å²) in [6.45, 7) is 5.37. The summed E-state index contributed by atoms with van der Waals surface area (Å²) in [6.07, 6.45) is 3.41. The highest BCUT2D eigenvalue weighted by Gasteiger charge is 2.13. The van der Waals surface area contributed by atoms with E-state index in [0.717, 1.165) is 18.5 Å². The number of nitrogens with one attached hydrogen (secondary N) is 1. The van der Waals surface area contributed by atoms with Crippen LogP contribution in [0.4, 0.5) is 0 Å². The number of unbranched alkanes of at least 4 members (excludes halogenated alkanes) is 1. The van der Waals surface area contributed by atoms with Gasteiger partial charge in [0.2, 0.25) is 0 Å². The van der Waals surface area contributed by atoms with Crippen molar-refractivity contribution < 1.29 is 0 Å². The molecule has 0 amide bonds. The summed E-state index contributed by atoms with van der Waals surface area (Å²) in [5.41, 5.74) is 1.10. The van der Waals surface area contributed by atoms with Crippen LogP contribution in [-0.4, -0.2) is 6.54 Å². The highest BCUT2D eigenvalue weighted by molar-refractivity contribution is 6.42. The van der Waals surface area contributed by atoms with Crippen LogP contribution < -0.4 is 5.32 Å². The van der Waals surface area contributed by atoms with E-state index in [0.29, 0.717) is 16.1 Å². The second-order valence-electron chi connectivity index (χ2n) is 3.91. The van der Waals surface area contributed by atoms with Gasteiger partial charge in [0.1, 0.15) is 0 Å². The Morgan fingerprint density at radius 1 is 1.25 bits per heavy atom. The molecule has 0 bridgehead atoms. The van der Waals surface area contributed by atoms with E-state index in [1.54, 1.807) is 0 Å². The van der Waals surface area contributed by atoms with Gasteiger partial charge in [-0.25, -0.2) is 0 Å². The lowest BCUT2D eigenvalue weighted by molar-refractivity contribution is 0.508. The van der Waals surface area contributed by atoms with Crippen LogP contribution in [0.3, 0.4) is 0 Å². The third-order valence-corrected chi connectivity index (χ3v) is 3.52. The van der Waals surface area contributed by atoms with Gasteiger partial charge in [0.05, 0.1) is 10.0 Å². The van der Waals surface area contributed by atoms with Gasteiger partial charge in [0, 0.05) is 6.04 Å². The molecule has 0 aliphatic rings. The fourth-order valence-electron chi connectivity index (χ4n) is 1.72. The van der Waals surface area contributed by atoms with E-state index in [-0.39, 0.29) is 0 Å². The van der Waals surface area contributed by atoms with Crippen molar-refractivity contribution in [3.8, 4) is 0 Å². The molecule has 0 saturated carbocycles. The van der Waals surface area contributed by atoms with Crippen molar-refractivity contribution in [1.29, 1.82) is 0 Å². The van der Waals surface area contributed by atoms with Gasteiger partial charge in [-0.2, -0.15) is 0 Å². The monoisotopic (exact) mass is 259 g/mol. The second kappa shape index (κ2) is 7.16. The highest BCUT2D eigenvalue weighted by atomic mass is 35.5. The lowest BCUT2D eigenvalue weighted by Crippen LogP contribution is -2.22. The Bertz CT molecular complexity index is 326. The molecule has 16 heavy (non-hydrogen) atoms. The molecule has 1 rings (SSSR count). The molecular weight excluding hydrogens is 241 g/mol. The molecule has 0 fully saturated rings. The minimum atomic E-state index is 0.303. The lowest BCUT2D eigenvalue weighted by atomic mass is 10.0. The summed E-state index contributed by atoms with van der Waals surface area (Å²) in [5.74, 6) is 0. The molecule has 90 valence electrons. The molecule has 0 radical (unpaired) electrons. The smallest absolute Gasteiger partial charge is 0.0640 e. The van der Waals surface area contributed by atoms with Gasteiger partial charge >= 0.3 is 0 Å². The molecule has 1 atom stereocenters. The summed E-state index contributed by atoms with van der Waals surface area (Å²) < 4.78 is 0. The van der Waals surface area contributed by atoms with E-state index in [4.69, 9.17) is 23.2 Å². The van der Waals surface area contributed by atoms with Gasteiger partial charge in [0.15, 0.2) is 0 Å². The van der Waals surface area contributed by atoms with Crippen molar-refractivity contribution in [2.24, 2.45) is 0 Å². The molecule has 0 aliphatic carbocycles. The van der Waals surface area contributed by atoms with Crippen molar-refractivity contribution in [1.82, 2.24) is 5.32 Å². The largest absolute Gasteiger partial charge is 0.310 e. The van der Waals surface area contributed by atoms with Crippen molar-refractivity contribution in [3.05, 3.63) is 33.8 Å². The van der Waals surface area contributed by atoms with Crippen LogP contribution in [-0.2, 0) is 0 Å².